The maximum Gasteiger partial charge on any atom is 0.115 e. The molecule has 0 spiro atoms. The quantitative estimate of drug-likeness (QED) is 0.293. The molecule has 0 amide bonds. The Kier molecular flexibility index (Phi) is 7.71. The van der Waals surface area contributed by atoms with E-state index >= 15 is 0 Å². The van der Waals surface area contributed by atoms with E-state index in [1.165, 1.54) is 38.5 Å². The molecule has 1 aromatic rings. The molecular formula is C16H25NO2. The van der Waals surface area contributed by atoms with E-state index in [1.54, 1.807) is 24.3 Å². The van der Waals surface area contributed by atoms with E-state index in [-0.39, 0.29) is 5.75 Å². The van der Waals surface area contributed by atoms with E-state index in [1.807, 2.05) is 0 Å². The fourth-order valence-electron chi connectivity index (χ4n) is 2.16. The summed E-state index contributed by atoms with van der Waals surface area (Å²) in [4.78, 5) is 0. The lowest BCUT2D eigenvalue weighted by Gasteiger charge is -2.05. The highest BCUT2D eigenvalue weighted by atomic mass is 16.4. The van der Waals surface area contributed by atoms with Crippen LogP contribution in [0.2, 0.25) is 0 Å². The Bertz CT molecular complexity index is 371. The number of phenols is 1. The van der Waals surface area contributed by atoms with Crippen LogP contribution in [0.1, 0.15) is 63.9 Å². The van der Waals surface area contributed by atoms with Crippen LogP contribution in [-0.4, -0.2) is 16.0 Å². The van der Waals surface area contributed by atoms with Crippen molar-refractivity contribution in [2.75, 3.05) is 0 Å². The van der Waals surface area contributed by atoms with Crippen LogP contribution in [-0.2, 0) is 0 Å². The minimum atomic E-state index is 0.233. The summed E-state index contributed by atoms with van der Waals surface area (Å²) in [5, 5.41) is 21.6. The van der Waals surface area contributed by atoms with Gasteiger partial charge in [-0.3, -0.25) is 0 Å². The first-order valence-electron chi connectivity index (χ1n) is 7.28. The van der Waals surface area contributed by atoms with E-state index < -0.39 is 0 Å². The van der Waals surface area contributed by atoms with Gasteiger partial charge in [0, 0.05) is 0 Å². The number of rotatable bonds is 9. The van der Waals surface area contributed by atoms with Gasteiger partial charge in [0.25, 0.3) is 0 Å². The fraction of sp³-hybridized carbons (Fsp3) is 0.562. The van der Waals surface area contributed by atoms with E-state index in [4.69, 9.17) is 5.21 Å². The molecule has 0 saturated carbocycles. The van der Waals surface area contributed by atoms with Crippen molar-refractivity contribution in [3.8, 4) is 5.75 Å². The topological polar surface area (TPSA) is 52.8 Å². The zero-order chi connectivity index (χ0) is 13.9. The average Bonchev–Trinajstić information content (AvgIpc) is 2.43. The van der Waals surface area contributed by atoms with Gasteiger partial charge in [-0.1, -0.05) is 50.6 Å². The van der Waals surface area contributed by atoms with E-state index in [0.717, 1.165) is 18.4 Å². The van der Waals surface area contributed by atoms with Crippen LogP contribution in [0.4, 0.5) is 0 Å². The van der Waals surface area contributed by atoms with Crippen molar-refractivity contribution in [1.82, 2.24) is 0 Å². The molecule has 0 fully saturated rings. The molecule has 3 heteroatoms. The van der Waals surface area contributed by atoms with Crippen molar-refractivity contribution in [3.63, 3.8) is 0 Å². The Hall–Kier alpha value is -1.51. The van der Waals surface area contributed by atoms with Crippen molar-refractivity contribution in [2.45, 2.75) is 58.3 Å². The second-order valence-electron chi connectivity index (χ2n) is 4.96. The number of hydrogen-bond donors (Lipinski definition) is 2. The van der Waals surface area contributed by atoms with Gasteiger partial charge in [0.05, 0.1) is 5.71 Å². The molecule has 0 aromatic heterocycles. The van der Waals surface area contributed by atoms with Crippen LogP contribution >= 0.6 is 0 Å². The van der Waals surface area contributed by atoms with Crippen LogP contribution < -0.4 is 0 Å². The van der Waals surface area contributed by atoms with Crippen LogP contribution in [0.15, 0.2) is 29.4 Å². The number of phenolic OH excluding ortho intramolecular Hbond substituents is 1. The minimum Gasteiger partial charge on any atom is -0.508 e. The molecule has 0 aliphatic carbocycles. The molecule has 19 heavy (non-hydrogen) atoms. The monoisotopic (exact) mass is 263 g/mol. The largest absolute Gasteiger partial charge is 0.508 e. The maximum atomic E-state index is 9.23. The standard InChI is InChI=1S/C16H25NO2/c1-2-3-4-5-6-7-8-9-16(17-19)14-10-12-15(18)13-11-14/h10-13,18-19H,2-9H2,1H3/b17-16+. The molecule has 2 N–H and O–H groups in total. The highest BCUT2D eigenvalue weighted by Crippen LogP contribution is 2.15. The molecule has 1 rings (SSSR count). The van der Waals surface area contributed by atoms with Crippen LogP contribution in [0.3, 0.4) is 0 Å². The van der Waals surface area contributed by atoms with Crippen molar-refractivity contribution in [1.29, 1.82) is 0 Å². The molecule has 106 valence electrons. The number of hydrogen-bond acceptors (Lipinski definition) is 3. The average molecular weight is 263 g/mol. The van der Waals surface area contributed by atoms with Crippen molar-refractivity contribution in [2.24, 2.45) is 5.16 Å². The first-order chi connectivity index (χ1) is 9.27. The predicted molar refractivity (Wildman–Crippen MR) is 79.0 cm³/mol. The van der Waals surface area contributed by atoms with Gasteiger partial charge >= 0.3 is 0 Å². The normalized spacial score (nSPS) is 11.7. The summed E-state index contributed by atoms with van der Waals surface area (Å²) < 4.78 is 0. The Morgan fingerprint density at radius 1 is 0.947 bits per heavy atom. The van der Waals surface area contributed by atoms with Crippen molar-refractivity contribution < 1.29 is 10.3 Å². The highest BCUT2D eigenvalue weighted by molar-refractivity contribution is 6.00. The third kappa shape index (κ3) is 6.27. The summed E-state index contributed by atoms with van der Waals surface area (Å²) >= 11 is 0. The summed E-state index contributed by atoms with van der Waals surface area (Å²) in [6, 6.07) is 6.80. The molecule has 1 aromatic carbocycles. The Labute approximate surface area is 116 Å². The van der Waals surface area contributed by atoms with Crippen molar-refractivity contribution >= 4 is 5.71 Å². The Balaban J connectivity index is 2.25. The third-order valence-electron chi connectivity index (χ3n) is 3.34. The van der Waals surface area contributed by atoms with Gasteiger partial charge in [-0.05, 0) is 42.7 Å². The molecule has 0 heterocycles. The van der Waals surface area contributed by atoms with E-state index in [9.17, 15) is 5.11 Å². The summed E-state index contributed by atoms with van der Waals surface area (Å²) in [5.41, 5.74) is 1.58. The van der Waals surface area contributed by atoms with Gasteiger partial charge in [0.1, 0.15) is 5.75 Å². The van der Waals surface area contributed by atoms with Gasteiger partial charge < -0.3 is 10.3 Å². The van der Waals surface area contributed by atoms with Crippen LogP contribution in [0.5, 0.6) is 5.75 Å². The maximum absolute atomic E-state index is 9.23. The highest BCUT2D eigenvalue weighted by Gasteiger charge is 2.04. The summed E-state index contributed by atoms with van der Waals surface area (Å²) in [7, 11) is 0. The summed E-state index contributed by atoms with van der Waals surface area (Å²) in [5.74, 6) is 0.233. The van der Waals surface area contributed by atoms with Gasteiger partial charge in [-0.15, -0.1) is 0 Å². The van der Waals surface area contributed by atoms with Gasteiger partial charge in [0.2, 0.25) is 0 Å². The first-order valence-corrected chi connectivity index (χ1v) is 7.28. The molecule has 0 atom stereocenters. The molecule has 3 nitrogen and oxygen atoms in total. The lowest BCUT2D eigenvalue weighted by molar-refractivity contribution is 0.317. The first kappa shape index (κ1) is 15.5. The molecule has 0 aliphatic heterocycles. The minimum absolute atomic E-state index is 0.233. The second-order valence-corrected chi connectivity index (χ2v) is 4.96. The molecular weight excluding hydrogens is 238 g/mol. The van der Waals surface area contributed by atoms with E-state index in [0.29, 0.717) is 5.71 Å². The predicted octanol–water partition coefficient (Wildman–Crippen LogP) is 4.71. The number of oxime groups is 1. The molecule has 0 aliphatic rings. The van der Waals surface area contributed by atoms with Crippen LogP contribution in [0, 0.1) is 0 Å². The van der Waals surface area contributed by atoms with Gasteiger partial charge in [0.15, 0.2) is 0 Å². The SMILES string of the molecule is CCCCCCCCC/C(=N\O)c1ccc(O)cc1. The lowest BCUT2D eigenvalue weighted by Crippen LogP contribution is -2.00. The summed E-state index contributed by atoms with van der Waals surface area (Å²) in [6.45, 7) is 2.22. The second kappa shape index (κ2) is 9.42. The molecule has 0 unspecified atom stereocenters. The van der Waals surface area contributed by atoms with Crippen LogP contribution in [0.25, 0.3) is 0 Å². The number of aromatic hydroxyl groups is 1. The number of benzene rings is 1. The zero-order valence-corrected chi connectivity index (χ0v) is 11.8. The van der Waals surface area contributed by atoms with E-state index in [2.05, 4.69) is 12.1 Å². The fourth-order valence-corrected chi connectivity index (χ4v) is 2.16. The lowest BCUT2D eigenvalue weighted by atomic mass is 10.0. The smallest absolute Gasteiger partial charge is 0.115 e. The number of unbranched alkanes of at least 4 members (excludes halogenated alkanes) is 6. The third-order valence-corrected chi connectivity index (χ3v) is 3.34. The summed E-state index contributed by atoms with van der Waals surface area (Å²) in [6.07, 6.45) is 9.52. The zero-order valence-electron chi connectivity index (χ0n) is 11.8. The Morgan fingerprint density at radius 2 is 1.53 bits per heavy atom. The number of nitrogens with zero attached hydrogens (tertiary/aromatic N) is 1. The van der Waals surface area contributed by atoms with Crippen molar-refractivity contribution in [3.05, 3.63) is 29.8 Å². The molecule has 0 saturated heterocycles. The Morgan fingerprint density at radius 3 is 2.11 bits per heavy atom. The van der Waals surface area contributed by atoms with Gasteiger partial charge in [-0.25, -0.2) is 0 Å². The molecule has 0 bridgehead atoms. The van der Waals surface area contributed by atoms with Gasteiger partial charge in [-0.2, -0.15) is 0 Å². The molecule has 0 radical (unpaired) electrons.